The number of amides is 1. The highest BCUT2D eigenvalue weighted by molar-refractivity contribution is 7.91. The van der Waals surface area contributed by atoms with Crippen LogP contribution in [0.5, 0.6) is 5.75 Å². The molecule has 1 aromatic heterocycles. The molecule has 1 N–H and O–H groups in total. The van der Waals surface area contributed by atoms with Gasteiger partial charge in [0.25, 0.3) is 0 Å². The first kappa shape index (κ1) is 22.2. The third kappa shape index (κ3) is 5.01. The van der Waals surface area contributed by atoms with Crippen molar-refractivity contribution in [2.24, 2.45) is 0 Å². The summed E-state index contributed by atoms with van der Waals surface area (Å²) >= 11 is 5.83. The zero-order valence-corrected chi connectivity index (χ0v) is 18.0. The Kier molecular flexibility index (Phi) is 6.27. The predicted molar refractivity (Wildman–Crippen MR) is 112 cm³/mol. The molecule has 1 heterocycles. The first-order chi connectivity index (χ1) is 14.6. The van der Waals surface area contributed by atoms with Gasteiger partial charge in [-0.2, -0.15) is 4.68 Å². The molecular weight excluding hydrogens is 448 g/mol. The SMILES string of the molecule is COc1cc(NC(=O)Cn2nc([N+](=O)[O-])cc2C)cc(S(=O)(=O)c2ccc(Cl)cc2)c1. The third-order valence-electron chi connectivity index (χ3n) is 4.28. The number of aromatic nitrogens is 2. The highest BCUT2D eigenvalue weighted by Crippen LogP contribution is 2.29. The van der Waals surface area contributed by atoms with E-state index in [-0.39, 0.29) is 33.6 Å². The molecule has 162 valence electrons. The Morgan fingerprint density at radius 2 is 1.87 bits per heavy atom. The minimum Gasteiger partial charge on any atom is -0.497 e. The van der Waals surface area contributed by atoms with Crippen molar-refractivity contribution in [3.8, 4) is 5.75 Å². The second kappa shape index (κ2) is 8.74. The fourth-order valence-corrected chi connectivity index (χ4v) is 4.19. The number of benzene rings is 2. The molecule has 0 aliphatic rings. The van der Waals surface area contributed by atoms with Gasteiger partial charge in [-0.15, -0.1) is 0 Å². The van der Waals surface area contributed by atoms with Crippen molar-refractivity contribution in [2.45, 2.75) is 23.3 Å². The highest BCUT2D eigenvalue weighted by atomic mass is 35.5. The van der Waals surface area contributed by atoms with Gasteiger partial charge in [0, 0.05) is 16.8 Å². The van der Waals surface area contributed by atoms with Crippen LogP contribution in [-0.4, -0.2) is 36.1 Å². The summed E-state index contributed by atoms with van der Waals surface area (Å²) in [6.45, 7) is 1.28. The first-order valence-electron chi connectivity index (χ1n) is 8.78. The molecule has 0 saturated heterocycles. The van der Waals surface area contributed by atoms with E-state index in [1.54, 1.807) is 6.92 Å². The molecule has 2 aromatic carbocycles. The molecular formula is C19H17ClN4O6S. The van der Waals surface area contributed by atoms with Crippen molar-refractivity contribution in [2.75, 3.05) is 12.4 Å². The monoisotopic (exact) mass is 464 g/mol. The summed E-state index contributed by atoms with van der Waals surface area (Å²) in [5, 5.41) is 17.5. The second-order valence-electron chi connectivity index (χ2n) is 6.46. The van der Waals surface area contributed by atoms with Crippen molar-refractivity contribution < 1.29 is 22.9 Å². The number of rotatable bonds is 7. The Labute approximate surface area is 182 Å². The lowest BCUT2D eigenvalue weighted by Gasteiger charge is -2.11. The van der Waals surface area contributed by atoms with Crippen LogP contribution < -0.4 is 10.1 Å². The van der Waals surface area contributed by atoms with Crippen LogP contribution in [-0.2, 0) is 21.2 Å². The van der Waals surface area contributed by atoms with E-state index >= 15 is 0 Å². The van der Waals surface area contributed by atoms with Crippen LogP contribution in [0.25, 0.3) is 0 Å². The number of halogens is 1. The molecule has 0 unspecified atom stereocenters. The summed E-state index contributed by atoms with van der Waals surface area (Å²) in [5.74, 6) is -0.705. The van der Waals surface area contributed by atoms with Crippen LogP contribution in [0, 0.1) is 17.0 Å². The van der Waals surface area contributed by atoms with Gasteiger partial charge in [0.2, 0.25) is 15.7 Å². The van der Waals surface area contributed by atoms with Gasteiger partial charge in [0.05, 0.1) is 33.8 Å². The van der Waals surface area contributed by atoms with Crippen LogP contribution in [0.1, 0.15) is 5.69 Å². The summed E-state index contributed by atoms with van der Waals surface area (Å²) in [4.78, 5) is 22.6. The lowest BCUT2D eigenvalue weighted by molar-refractivity contribution is -0.389. The van der Waals surface area contributed by atoms with Gasteiger partial charge < -0.3 is 20.2 Å². The average molecular weight is 465 g/mol. The number of nitro groups is 1. The molecule has 0 radical (unpaired) electrons. The number of hydrogen-bond donors (Lipinski definition) is 1. The van der Waals surface area contributed by atoms with Crippen molar-refractivity contribution >= 4 is 38.9 Å². The molecule has 0 aliphatic carbocycles. The summed E-state index contributed by atoms with van der Waals surface area (Å²) < 4.78 is 32.3. The molecule has 0 spiro atoms. The number of carbonyl (C=O) groups is 1. The van der Waals surface area contributed by atoms with E-state index in [2.05, 4.69) is 10.4 Å². The normalized spacial score (nSPS) is 11.2. The maximum absolute atomic E-state index is 13.0. The van der Waals surface area contributed by atoms with Gasteiger partial charge >= 0.3 is 5.82 Å². The average Bonchev–Trinajstić information content (AvgIpc) is 3.08. The number of ether oxygens (including phenoxy) is 1. The summed E-state index contributed by atoms with van der Waals surface area (Å²) in [6.07, 6.45) is 0. The molecule has 10 nitrogen and oxygen atoms in total. The van der Waals surface area contributed by atoms with Crippen LogP contribution in [0.4, 0.5) is 11.5 Å². The Bertz CT molecular complexity index is 1250. The van der Waals surface area contributed by atoms with Gasteiger partial charge in [0.1, 0.15) is 12.3 Å². The van der Waals surface area contributed by atoms with E-state index in [1.807, 2.05) is 0 Å². The summed E-state index contributed by atoms with van der Waals surface area (Å²) in [5.41, 5.74) is 0.606. The number of sulfone groups is 1. The first-order valence-corrected chi connectivity index (χ1v) is 10.6. The fourth-order valence-electron chi connectivity index (χ4n) is 2.75. The highest BCUT2D eigenvalue weighted by Gasteiger charge is 2.21. The lowest BCUT2D eigenvalue weighted by atomic mass is 10.3. The van der Waals surface area contributed by atoms with Crippen molar-refractivity contribution in [1.82, 2.24) is 9.78 Å². The summed E-state index contributed by atoms with van der Waals surface area (Å²) in [6, 6.07) is 11.0. The number of carbonyl (C=O) groups excluding carboxylic acids is 1. The van der Waals surface area contributed by atoms with Crippen molar-refractivity contribution in [3.05, 3.63) is 69.4 Å². The minimum absolute atomic E-state index is 0.0295. The Balaban J connectivity index is 1.87. The van der Waals surface area contributed by atoms with Gasteiger partial charge in [-0.1, -0.05) is 11.6 Å². The lowest BCUT2D eigenvalue weighted by Crippen LogP contribution is -2.20. The molecule has 0 saturated carbocycles. The van der Waals surface area contributed by atoms with Crippen LogP contribution >= 0.6 is 11.6 Å². The molecule has 0 atom stereocenters. The van der Waals surface area contributed by atoms with E-state index in [4.69, 9.17) is 16.3 Å². The van der Waals surface area contributed by atoms with Crippen LogP contribution in [0.3, 0.4) is 0 Å². The number of nitrogens with zero attached hydrogens (tertiary/aromatic N) is 3. The molecule has 0 fully saturated rings. The number of hydrogen-bond acceptors (Lipinski definition) is 7. The second-order valence-corrected chi connectivity index (χ2v) is 8.85. The van der Waals surface area contributed by atoms with Crippen LogP contribution in [0.2, 0.25) is 5.02 Å². The topological polar surface area (TPSA) is 133 Å². The van der Waals surface area contributed by atoms with E-state index in [9.17, 15) is 23.3 Å². The molecule has 0 bridgehead atoms. The van der Waals surface area contributed by atoms with Gasteiger partial charge in [-0.05, 0) is 48.2 Å². The third-order valence-corrected chi connectivity index (χ3v) is 6.28. The van der Waals surface area contributed by atoms with Gasteiger partial charge in [0.15, 0.2) is 0 Å². The minimum atomic E-state index is -3.90. The number of anilines is 1. The molecule has 3 rings (SSSR count). The fraction of sp³-hybridized carbons (Fsp3) is 0.158. The molecule has 31 heavy (non-hydrogen) atoms. The molecule has 12 heteroatoms. The predicted octanol–water partition coefficient (Wildman–Crippen LogP) is 3.23. The quantitative estimate of drug-likeness (QED) is 0.419. The Morgan fingerprint density at radius 3 is 2.45 bits per heavy atom. The largest absolute Gasteiger partial charge is 0.497 e. The number of aryl methyl sites for hydroxylation is 1. The Hall–Kier alpha value is -3.44. The molecule has 3 aromatic rings. The van der Waals surface area contributed by atoms with Gasteiger partial charge in [-0.3, -0.25) is 4.79 Å². The molecule has 0 aliphatic heterocycles. The van der Waals surface area contributed by atoms with E-state index in [1.165, 1.54) is 60.3 Å². The van der Waals surface area contributed by atoms with Crippen LogP contribution in [0.15, 0.2) is 58.3 Å². The maximum atomic E-state index is 13.0. The number of nitrogens with one attached hydrogen (secondary N) is 1. The number of methoxy groups -OCH3 is 1. The summed E-state index contributed by atoms with van der Waals surface area (Å²) in [7, 11) is -2.53. The smallest absolute Gasteiger partial charge is 0.390 e. The Morgan fingerprint density at radius 1 is 1.19 bits per heavy atom. The molecule has 1 amide bonds. The van der Waals surface area contributed by atoms with E-state index in [0.29, 0.717) is 10.7 Å². The zero-order valence-electron chi connectivity index (χ0n) is 16.4. The van der Waals surface area contributed by atoms with Crippen molar-refractivity contribution in [1.29, 1.82) is 0 Å². The standard InChI is InChI=1S/C19H17ClN4O6S/c1-12-7-18(24(26)27)22-23(12)11-19(25)21-14-8-15(30-2)10-17(9-14)31(28,29)16-5-3-13(20)4-6-16/h3-10H,11H2,1-2H3,(H,21,25). The maximum Gasteiger partial charge on any atom is 0.390 e. The van der Waals surface area contributed by atoms with Gasteiger partial charge in [-0.25, -0.2) is 8.42 Å². The zero-order chi connectivity index (χ0) is 22.8. The van der Waals surface area contributed by atoms with Crippen molar-refractivity contribution in [3.63, 3.8) is 0 Å². The van der Waals surface area contributed by atoms with E-state index < -0.39 is 20.7 Å². The van der Waals surface area contributed by atoms with E-state index in [0.717, 1.165) is 0 Å².